The lowest BCUT2D eigenvalue weighted by Crippen LogP contribution is -2.53. The van der Waals surface area contributed by atoms with Crippen molar-refractivity contribution in [3.05, 3.63) is 65.2 Å². The first-order valence-corrected chi connectivity index (χ1v) is 11.5. The molecule has 35 heavy (non-hydrogen) atoms. The second-order valence-corrected chi connectivity index (χ2v) is 8.78. The van der Waals surface area contributed by atoms with Gasteiger partial charge in [0.2, 0.25) is 0 Å². The van der Waals surface area contributed by atoms with Crippen LogP contribution in [0, 0.1) is 0 Å². The van der Waals surface area contributed by atoms with Gasteiger partial charge in [-0.05, 0) is 30.3 Å². The summed E-state index contributed by atoms with van der Waals surface area (Å²) in [6.07, 6.45) is 0. The van der Waals surface area contributed by atoms with Crippen LogP contribution in [0.25, 0.3) is 5.76 Å². The van der Waals surface area contributed by atoms with Crippen LogP contribution in [0.5, 0.6) is 5.75 Å². The topological polar surface area (TPSA) is 99.6 Å². The van der Waals surface area contributed by atoms with Crippen LogP contribution in [-0.2, 0) is 24.7 Å². The van der Waals surface area contributed by atoms with Gasteiger partial charge < -0.3 is 24.4 Å². The maximum atomic E-state index is 14.0. The molecule has 2 saturated heterocycles. The molecule has 0 radical (unpaired) electrons. The highest BCUT2D eigenvalue weighted by Crippen LogP contribution is 2.53. The molecule has 182 valence electrons. The van der Waals surface area contributed by atoms with E-state index in [1.807, 2.05) is 0 Å². The van der Waals surface area contributed by atoms with Crippen LogP contribution >= 0.6 is 0 Å². The van der Waals surface area contributed by atoms with Crippen molar-refractivity contribution >= 4 is 29.0 Å². The van der Waals surface area contributed by atoms with E-state index in [1.165, 1.54) is 16.9 Å². The fourth-order valence-electron chi connectivity index (χ4n) is 5.23. The maximum absolute atomic E-state index is 14.0. The summed E-state index contributed by atoms with van der Waals surface area (Å²) in [5.74, 6) is -1.94. The molecule has 3 aliphatic heterocycles. The summed E-state index contributed by atoms with van der Waals surface area (Å²) >= 11 is 0. The zero-order chi connectivity index (χ0) is 24.7. The predicted octanol–water partition coefficient (Wildman–Crippen LogP) is 1.58. The number of ketones is 1. The summed E-state index contributed by atoms with van der Waals surface area (Å²) in [6.45, 7) is 3.20. The maximum Gasteiger partial charge on any atom is 0.296 e. The Hall–Kier alpha value is -3.69. The van der Waals surface area contributed by atoms with E-state index in [4.69, 9.17) is 9.47 Å². The smallest absolute Gasteiger partial charge is 0.296 e. The average molecular weight is 478 g/mol. The van der Waals surface area contributed by atoms with E-state index in [9.17, 15) is 19.5 Å². The first-order chi connectivity index (χ1) is 16.9. The van der Waals surface area contributed by atoms with E-state index in [2.05, 4.69) is 4.90 Å². The van der Waals surface area contributed by atoms with Crippen molar-refractivity contribution in [2.24, 2.45) is 0 Å². The highest BCUT2D eigenvalue weighted by Gasteiger charge is 2.66. The zero-order valence-electron chi connectivity index (χ0n) is 19.7. The van der Waals surface area contributed by atoms with Crippen molar-refractivity contribution in [2.75, 3.05) is 58.5 Å². The summed E-state index contributed by atoms with van der Waals surface area (Å²) in [5.41, 5.74) is -0.539. The Bertz CT molecular complexity index is 1220. The molecule has 2 aromatic rings. The van der Waals surface area contributed by atoms with Crippen LogP contribution in [0.15, 0.2) is 54.1 Å². The van der Waals surface area contributed by atoms with Crippen LogP contribution in [0.2, 0.25) is 0 Å². The minimum absolute atomic E-state index is 0.151. The number of hydrogen-bond acceptors (Lipinski definition) is 7. The second kappa shape index (κ2) is 8.83. The van der Waals surface area contributed by atoms with Gasteiger partial charge in [-0.15, -0.1) is 0 Å². The van der Waals surface area contributed by atoms with Crippen molar-refractivity contribution < 1.29 is 29.0 Å². The fraction of sp³-hybridized carbons (Fsp3) is 0.346. The largest absolute Gasteiger partial charge is 0.507 e. The number of anilines is 1. The van der Waals surface area contributed by atoms with Crippen molar-refractivity contribution in [1.29, 1.82) is 0 Å². The standard InChI is InChI=1S/C26H27N3O6/c1-27-20-6-4-3-5-19(20)26(25(27)33)21(22(30)17-7-9-18(34-2)10-8-17)23(31)24(32)29(26)12-11-28-13-15-35-16-14-28/h3-10,30H,11-16H2,1-2H3/t26-/m1/s1. The average Bonchev–Trinajstić information content (AvgIpc) is 3.26. The van der Waals surface area contributed by atoms with Crippen molar-refractivity contribution in [3.8, 4) is 5.75 Å². The molecule has 0 aliphatic carbocycles. The van der Waals surface area contributed by atoms with Gasteiger partial charge in [0.25, 0.3) is 17.6 Å². The normalized spacial score (nSPS) is 23.9. The number of nitrogens with zero attached hydrogens (tertiary/aromatic N) is 3. The first-order valence-electron chi connectivity index (χ1n) is 11.5. The van der Waals surface area contributed by atoms with Gasteiger partial charge in [0.15, 0.2) is 5.54 Å². The van der Waals surface area contributed by atoms with Crippen LogP contribution in [0.3, 0.4) is 0 Å². The number of ether oxygens (including phenoxy) is 2. The van der Waals surface area contributed by atoms with Gasteiger partial charge in [-0.25, -0.2) is 0 Å². The number of hydrogen-bond donors (Lipinski definition) is 1. The number of methoxy groups -OCH3 is 1. The number of carbonyl (C=O) groups excluding carboxylic acids is 3. The molecule has 3 aliphatic rings. The molecule has 0 unspecified atom stereocenters. The van der Waals surface area contributed by atoms with Crippen LogP contribution in [-0.4, -0.2) is 86.1 Å². The third kappa shape index (κ3) is 3.42. The van der Waals surface area contributed by atoms with E-state index in [0.29, 0.717) is 55.4 Å². The van der Waals surface area contributed by atoms with Gasteiger partial charge in [-0.1, -0.05) is 18.2 Å². The van der Waals surface area contributed by atoms with E-state index < -0.39 is 28.9 Å². The Morgan fingerprint density at radius 1 is 1.03 bits per heavy atom. The monoisotopic (exact) mass is 477 g/mol. The lowest BCUT2D eigenvalue weighted by Gasteiger charge is -2.36. The Labute approximate surface area is 203 Å². The SMILES string of the molecule is COc1ccc(C(O)=C2C(=O)C(=O)N(CCN3CCOCC3)[C@@]23C(=O)N(C)c2ccccc23)cc1. The van der Waals surface area contributed by atoms with E-state index >= 15 is 0 Å². The lowest BCUT2D eigenvalue weighted by atomic mass is 9.82. The molecule has 1 N–H and O–H groups in total. The molecule has 2 aromatic carbocycles. The summed E-state index contributed by atoms with van der Waals surface area (Å²) in [7, 11) is 3.14. The number of amides is 2. The van der Waals surface area contributed by atoms with Gasteiger partial charge in [0, 0.05) is 50.0 Å². The molecule has 0 bridgehead atoms. The molecule has 9 heteroatoms. The number of carbonyl (C=O) groups is 3. The van der Waals surface area contributed by atoms with Crippen molar-refractivity contribution in [2.45, 2.75) is 5.54 Å². The van der Waals surface area contributed by atoms with Gasteiger partial charge >= 0.3 is 0 Å². The number of likely N-dealkylation sites (tertiary alicyclic amines) is 1. The summed E-state index contributed by atoms with van der Waals surface area (Å²) in [5, 5.41) is 11.4. The molecule has 9 nitrogen and oxygen atoms in total. The van der Waals surface area contributed by atoms with Gasteiger partial charge in [-0.2, -0.15) is 0 Å². The number of fused-ring (bicyclic) bond motifs is 2. The third-order valence-electron chi connectivity index (χ3n) is 7.05. The number of rotatable bonds is 5. The Kier molecular flexibility index (Phi) is 5.82. The highest BCUT2D eigenvalue weighted by molar-refractivity contribution is 6.50. The fourth-order valence-corrected chi connectivity index (χ4v) is 5.23. The molecule has 2 amide bonds. The van der Waals surface area contributed by atoms with Gasteiger partial charge in [-0.3, -0.25) is 19.3 Å². The number of para-hydroxylation sites is 1. The molecule has 5 rings (SSSR count). The minimum atomic E-state index is -1.74. The van der Waals surface area contributed by atoms with E-state index in [1.54, 1.807) is 55.6 Å². The molecule has 2 fully saturated rings. The molecule has 0 aromatic heterocycles. The van der Waals surface area contributed by atoms with E-state index in [0.717, 1.165) is 0 Å². The lowest BCUT2D eigenvalue weighted by molar-refractivity contribution is -0.144. The number of aliphatic hydroxyl groups excluding tert-OH is 1. The molecule has 0 saturated carbocycles. The Morgan fingerprint density at radius 2 is 1.71 bits per heavy atom. The van der Waals surface area contributed by atoms with Gasteiger partial charge in [0.1, 0.15) is 11.5 Å². The molecular weight excluding hydrogens is 450 g/mol. The summed E-state index contributed by atoms with van der Waals surface area (Å²) in [6, 6.07) is 13.6. The summed E-state index contributed by atoms with van der Waals surface area (Å²) < 4.78 is 10.6. The highest BCUT2D eigenvalue weighted by atomic mass is 16.5. The summed E-state index contributed by atoms with van der Waals surface area (Å²) in [4.78, 5) is 45.8. The van der Waals surface area contributed by atoms with Crippen molar-refractivity contribution in [1.82, 2.24) is 9.80 Å². The van der Waals surface area contributed by atoms with Crippen LogP contribution in [0.1, 0.15) is 11.1 Å². The number of likely N-dealkylation sites (N-methyl/N-ethyl adjacent to an activating group) is 1. The number of morpholine rings is 1. The molecular formula is C26H27N3O6. The second-order valence-electron chi connectivity index (χ2n) is 8.78. The molecule has 1 spiro atoms. The van der Waals surface area contributed by atoms with Crippen LogP contribution < -0.4 is 9.64 Å². The quantitative estimate of drug-likeness (QED) is 0.397. The molecule has 3 heterocycles. The van der Waals surface area contributed by atoms with Crippen molar-refractivity contribution in [3.63, 3.8) is 0 Å². The number of aliphatic hydroxyl groups is 1. The number of Topliss-reactive ketones (excluding diaryl/α,β-unsaturated/α-hetero) is 1. The molecule has 1 atom stereocenters. The first kappa shape index (κ1) is 23.1. The minimum Gasteiger partial charge on any atom is -0.507 e. The van der Waals surface area contributed by atoms with Gasteiger partial charge in [0.05, 0.1) is 25.9 Å². The zero-order valence-corrected chi connectivity index (χ0v) is 19.7. The number of benzene rings is 2. The van der Waals surface area contributed by atoms with E-state index in [-0.39, 0.29) is 12.1 Å². The predicted molar refractivity (Wildman–Crippen MR) is 128 cm³/mol. The Morgan fingerprint density at radius 3 is 2.40 bits per heavy atom. The Balaban J connectivity index is 1.68. The van der Waals surface area contributed by atoms with Crippen LogP contribution in [0.4, 0.5) is 5.69 Å². The third-order valence-corrected chi connectivity index (χ3v) is 7.05.